The van der Waals surface area contributed by atoms with Gasteiger partial charge >= 0.3 is 0 Å². The number of carbonyl (C=O) groups is 4. The second-order valence-electron chi connectivity index (χ2n) is 8.83. The van der Waals surface area contributed by atoms with Gasteiger partial charge in [-0.25, -0.2) is 0 Å². The van der Waals surface area contributed by atoms with Crippen LogP contribution in [0.2, 0.25) is 0 Å². The minimum absolute atomic E-state index is 0.000837. The van der Waals surface area contributed by atoms with E-state index in [0.717, 1.165) is 0 Å². The van der Waals surface area contributed by atoms with Gasteiger partial charge in [-0.2, -0.15) is 0 Å². The first-order valence-electron chi connectivity index (χ1n) is 10.7. The van der Waals surface area contributed by atoms with Crippen molar-refractivity contribution in [1.29, 1.82) is 0 Å². The fourth-order valence-corrected chi connectivity index (χ4v) is 3.43. The van der Waals surface area contributed by atoms with Gasteiger partial charge in [0.1, 0.15) is 11.5 Å². The van der Waals surface area contributed by atoms with Crippen LogP contribution in [0.15, 0.2) is 48.5 Å². The molecule has 34 heavy (non-hydrogen) atoms. The van der Waals surface area contributed by atoms with E-state index >= 15 is 0 Å². The molecule has 10 heteroatoms. The molecule has 1 unspecified atom stereocenters. The van der Waals surface area contributed by atoms with Gasteiger partial charge in [0.2, 0.25) is 11.8 Å². The molecule has 0 heterocycles. The Hall–Kier alpha value is -4.08. The Morgan fingerprint density at radius 1 is 0.706 bits per heavy atom. The number of hydrogen-bond donors (Lipinski definition) is 6. The number of para-hydroxylation sites is 2. The van der Waals surface area contributed by atoms with Crippen LogP contribution in [-0.2, 0) is 9.59 Å². The molecule has 0 aliphatic carbocycles. The molecule has 0 aliphatic rings. The molecule has 6 N–H and O–H groups in total. The van der Waals surface area contributed by atoms with Gasteiger partial charge in [0.25, 0.3) is 11.8 Å². The lowest BCUT2D eigenvalue weighted by Crippen LogP contribution is -2.52. The van der Waals surface area contributed by atoms with Crippen LogP contribution in [0.25, 0.3) is 0 Å². The van der Waals surface area contributed by atoms with E-state index in [9.17, 15) is 29.4 Å². The van der Waals surface area contributed by atoms with Crippen LogP contribution in [0.5, 0.6) is 11.5 Å². The third-order valence-corrected chi connectivity index (χ3v) is 5.65. The Morgan fingerprint density at radius 3 is 1.53 bits per heavy atom. The van der Waals surface area contributed by atoms with Crippen molar-refractivity contribution in [3.63, 3.8) is 0 Å². The van der Waals surface area contributed by atoms with Gasteiger partial charge in [-0.1, -0.05) is 52.0 Å². The second-order valence-corrected chi connectivity index (χ2v) is 8.83. The summed E-state index contributed by atoms with van der Waals surface area (Å²) in [6, 6.07) is 11.8. The Labute approximate surface area is 197 Å². The molecule has 2 rings (SSSR count). The van der Waals surface area contributed by atoms with Crippen LogP contribution in [0.3, 0.4) is 0 Å². The molecular weight excluding hydrogens is 440 g/mol. The molecule has 0 saturated heterocycles. The number of benzene rings is 2. The molecule has 0 fully saturated rings. The Balaban J connectivity index is 1.99. The normalized spacial score (nSPS) is 12.7. The highest BCUT2D eigenvalue weighted by atomic mass is 16.3. The highest BCUT2D eigenvalue weighted by Gasteiger charge is 2.41. The number of hydrogen-bond acceptors (Lipinski definition) is 6. The zero-order valence-corrected chi connectivity index (χ0v) is 19.6. The van der Waals surface area contributed by atoms with Crippen molar-refractivity contribution < 1.29 is 29.4 Å². The summed E-state index contributed by atoms with van der Waals surface area (Å²) < 4.78 is 0. The zero-order valence-electron chi connectivity index (χ0n) is 19.6. The van der Waals surface area contributed by atoms with E-state index in [0.29, 0.717) is 6.42 Å². The van der Waals surface area contributed by atoms with Crippen LogP contribution in [0.4, 0.5) is 0 Å². The third-order valence-electron chi connectivity index (χ3n) is 5.65. The van der Waals surface area contributed by atoms with E-state index in [2.05, 4.69) is 21.7 Å². The van der Waals surface area contributed by atoms with Crippen LogP contribution >= 0.6 is 0 Å². The topological polar surface area (TPSA) is 157 Å². The number of hydrazine groups is 2. The predicted molar refractivity (Wildman–Crippen MR) is 124 cm³/mol. The van der Waals surface area contributed by atoms with Crippen molar-refractivity contribution in [2.75, 3.05) is 0 Å². The minimum atomic E-state index is -1.09. The maximum Gasteiger partial charge on any atom is 0.273 e. The van der Waals surface area contributed by atoms with Gasteiger partial charge in [0, 0.05) is 10.8 Å². The number of rotatable bonds is 7. The number of amides is 4. The average molecular weight is 471 g/mol. The van der Waals surface area contributed by atoms with Crippen LogP contribution in [0.1, 0.15) is 61.3 Å². The second kappa shape index (κ2) is 10.7. The molecule has 0 bridgehead atoms. The van der Waals surface area contributed by atoms with Crippen molar-refractivity contribution in [2.45, 2.75) is 40.5 Å². The van der Waals surface area contributed by atoms with Crippen molar-refractivity contribution in [3.05, 3.63) is 59.7 Å². The molecule has 0 spiro atoms. The molecule has 0 aliphatic heterocycles. The van der Waals surface area contributed by atoms with E-state index in [-0.39, 0.29) is 29.0 Å². The molecule has 2 aromatic rings. The fraction of sp³-hybridized carbons (Fsp3) is 0.333. The monoisotopic (exact) mass is 470 g/mol. The minimum Gasteiger partial charge on any atom is -0.507 e. The van der Waals surface area contributed by atoms with Gasteiger partial charge in [-0.15, -0.1) is 0 Å². The van der Waals surface area contributed by atoms with E-state index < -0.39 is 34.5 Å². The summed E-state index contributed by atoms with van der Waals surface area (Å²) in [5.41, 5.74) is 7.10. The number of aromatic hydroxyl groups is 2. The van der Waals surface area contributed by atoms with Gasteiger partial charge in [0.05, 0.1) is 11.1 Å². The first-order chi connectivity index (χ1) is 15.9. The highest BCUT2D eigenvalue weighted by molar-refractivity contribution is 5.99. The maximum atomic E-state index is 12.9. The molecule has 10 nitrogen and oxygen atoms in total. The maximum absolute atomic E-state index is 12.9. The number of phenols is 2. The molecule has 0 saturated carbocycles. The van der Waals surface area contributed by atoms with Crippen molar-refractivity contribution in [1.82, 2.24) is 21.7 Å². The van der Waals surface area contributed by atoms with Crippen LogP contribution in [0, 0.1) is 10.8 Å². The highest BCUT2D eigenvalue weighted by Crippen LogP contribution is 2.37. The summed E-state index contributed by atoms with van der Waals surface area (Å²) in [5.74, 6) is -2.88. The number of phenolic OH excluding ortho intramolecular Hbond substituents is 2. The van der Waals surface area contributed by atoms with Crippen LogP contribution < -0.4 is 21.7 Å². The lowest BCUT2D eigenvalue weighted by atomic mass is 9.71. The lowest BCUT2D eigenvalue weighted by molar-refractivity contribution is -0.137. The zero-order chi connectivity index (χ0) is 25.5. The summed E-state index contributed by atoms with van der Waals surface area (Å²) in [4.78, 5) is 50.2. The number of nitrogens with one attached hydrogen (secondary N) is 4. The van der Waals surface area contributed by atoms with Crippen molar-refractivity contribution in [3.8, 4) is 11.5 Å². The molecule has 2 aromatic carbocycles. The largest absolute Gasteiger partial charge is 0.507 e. The van der Waals surface area contributed by atoms with Gasteiger partial charge in [-0.3, -0.25) is 40.9 Å². The van der Waals surface area contributed by atoms with E-state index in [1.54, 1.807) is 52.0 Å². The third kappa shape index (κ3) is 6.25. The summed E-state index contributed by atoms with van der Waals surface area (Å²) in [6.07, 6.45) is 0.444. The van der Waals surface area contributed by atoms with Crippen molar-refractivity contribution in [2.24, 2.45) is 10.8 Å². The lowest BCUT2D eigenvalue weighted by Gasteiger charge is -2.34. The summed E-state index contributed by atoms with van der Waals surface area (Å²) in [6.45, 7) is 6.68. The Kier molecular flexibility index (Phi) is 8.23. The summed E-state index contributed by atoms with van der Waals surface area (Å²) in [5, 5.41) is 19.5. The quantitative estimate of drug-likeness (QED) is 0.341. The molecule has 4 amide bonds. The SMILES string of the molecule is CCC(C)(CC(C)(C)C(=O)NNC(=O)c1ccccc1O)C(=O)NNC(=O)c1ccccc1O. The van der Waals surface area contributed by atoms with Gasteiger partial charge in [-0.05, 0) is 37.1 Å². The molecule has 0 radical (unpaired) electrons. The molecular formula is C24H30N4O6. The van der Waals surface area contributed by atoms with E-state index in [1.807, 2.05) is 0 Å². The standard InChI is InChI=1S/C24H30N4O6/c1-5-24(4,22(34)28-26-20(32)16-11-7-9-13-18(16)30)14-23(2,3)21(33)27-25-19(31)15-10-6-8-12-17(15)29/h6-13,29-30H,5,14H2,1-4H3,(H,25,31)(H,26,32)(H,27,33)(H,28,34). The van der Waals surface area contributed by atoms with Gasteiger partial charge < -0.3 is 10.2 Å². The first kappa shape index (κ1) is 26.2. The summed E-state index contributed by atoms with van der Waals surface area (Å²) in [7, 11) is 0. The smallest absolute Gasteiger partial charge is 0.273 e. The molecule has 0 aromatic heterocycles. The average Bonchev–Trinajstić information content (AvgIpc) is 2.80. The van der Waals surface area contributed by atoms with Gasteiger partial charge in [0.15, 0.2) is 0 Å². The molecule has 182 valence electrons. The van der Waals surface area contributed by atoms with Crippen LogP contribution in [-0.4, -0.2) is 33.8 Å². The predicted octanol–water partition coefficient (Wildman–Crippen LogP) is 2.15. The number of carbonyl (C=O) groups excluding carboxylic acids is 4. The molecule has 1 atom stereocenters. The van der Waals surface area contributed by atoms with E-state index in [1.165, 1.54) is 24.3 Å². The Bertz CT molecular complexity index is 1080. The van der Waals surface area contributed by atoms with Crippen molar-refractivity contribution >= 4 is 23.6 Å². The first-order valence-corrected chi connectivity index (χ1v) is 10.7. The summed E-state index contributed by atoms with van der Waals surface area (Å²) >= 11 is 0. The fourth-order valence-electron chi connectivity index (χ4n) is 3.43. The van der Waals surface area contributed by atoms with E-state index in [4.69, 9.17) is 0 Å². The Morgan fingerprint density at radius 2 is 1.12 bits per heavy atom.